The van der Waals surface area contributed by atoms with E-state index >= 15 is 0 Å². The molecule has 3 aromatic rings. The van der Waals surface area contributed by atoms with Gasteiger partial charge < -0.3 is 24.5 Å². The molecule has 1 unspecified atom stereocenters. The number of benzene rings is 2. The highest BCUT2D eigenvalue weighted by atomic mass is 16.5. The SMILES string of the molecule is CCOc1cc2c(cc1CNC(=O)Cc1c[nH]c3ccc(OC)cc13)OC(C)C2. The zero-order chi connectivity index (χ0) is 20.4. The van der Waals surface area contributed by atoms with E-state index in [1.54, 1.807) is 7.11 Å². The molecule has 2 heterocycles. The van der Waals surface area contributed by atoms with Gasteiger partial charge in [0.15, 0.2) is 0 Å². The number of rotatable bonds is 7. The van der Waals surface area contributed by atoms with E-state index in [-0.39, 0.29) is 18.4 Å². The molecule has 152 valence electrons. The van der Waals surface area contributed by atoms with E-state index in [0.717, 1.165) is 51.3 Å². The van der Waals surface area contributed by atoms with Crippen molar-refractivity contribution in [3.8, 4) is 17.2 Å². The first-order chi connectivity index (χ1) is 14.1. The van der Waals surface area contributed by atoms with E-state index in [1.165, 1.54) is 0 Å². The first kappa shape index (κ1) is 19.2. The largest absolute Gasteiger partial charge is 0.497 e. The van der Waals surface area contributed by atoms with Gasteiger partial charge in [0.2, 0.25) is 5.91 Å². The second-order valence-electron chi connectivity index (χ2n) is 7.31. The highest BCUT2D eigenvalue weighted by Gasteiger charge is 2.22. The lowest BCUT2D eigenvalue weighted by Crippen LogP contribution is -2.24. The van der Waals surface area contributed by atoms with Gasteiger partial charge in [0.05, 0.1) is 20.1 Å². The quantitative estimate of drug-likeness (QED) is 0.640. The fourth-order valence-electron chi connectivity index (χ4n) is 3.77. The Bertz CT molecular complexity index is 1040. The van der Waals surface area contributed by atoms with Gasteiger partial charge in [0.25, 0.3) is 0 Å². The Labute approximate surface area is 170 Å². The van der Waals surface area contributed by atoms with Crippen molar-refractivity contribution in [2.24, 2.45) is 0 Å². The van der Waals surface area contributed by atoms with Crippen LogP contribution in [0.4, 0.5) is 0 Å². The van der Waals surface area contributed by atoms with Crippen LogP contribution in [0.15, 0.2) is 36.5 Å². The Morgan fingerprint density at radius 3 is 2.93 bits per heavy atom. The normalized spacial score (nSPS) is 15.1. The standard InChI is InChI=1S/C23H26N2O4/c1-4-28-21-8-15-7-14(2)29-22(15)9-17(21)13-25-23(26)10-16-12-24-20-6-5-18(27-3)11-19(16)20/h5-6,8-9,11-12,14,24H,4,7,10,13H2,1-3H3,(H,25,26). The van der Waals surface area contributed by atoms with Crippen LogP contribution in [0.3, 0.4) is 0 Å². The summed E-state index contributed by atoms with van der Waals surface area (Å²) in [5.74, 6) is 2.41. The van der Waals surface area contributed by atoms with E-state index in [0.29, 0.717) is 13.2 Å². The lowest BCUT2D eigenvalue weighted by Gasteiger charge is -2.13. The van der Waals surface area contributed by atoms with Crippen LogP contribution in [-0.2, 0) is 24.2 Å². The summed E-state index contributed by atoms with van der Waals surface area (Å²) in [6, 6.07) is 9.82. The third kappa shape index (κ3) is 4.01. The van der Waals surface area contributed by atoms with Crippen LogP contribution in [0, 0.1) is 0 Å². The third-order valence-electron chi connectivity index (χ3n) is 5.18. The summed E-state index contributed by atoms with van der Waals surface area (Å²) in [6.07, 6.45) is 3.21. The number of ether oxygens (including phenoxy) is 3. The van der Waals surface area contributed by atoms with Gasteiger partial charge in [-0.05, 0) is 49.7 Å². The van der Waals surface area contributed by atoms with Gasteiger partial charge in [-0.15, -0.1) is 0 Å². The lowest BCUT2D eigenvalue weighted by atomic mass is 10.1. The first-order valence-corrected chi connectivity index (χ1v) is 9.93. The Hall–Kier alpha value is -3.15. The molecular formula is C23H26N2O4. The summed E-state index contributed by atoms with van der Waals surface area (Å²) < 4.78 is 16.9. The van der Waals surface area contributed by atoms with Gasteiger partial charge in [-0.2, -0.15) is 0 Å². The van der Waals surface area contributed by atoms with Crippen molar-refractivity contribution >= 4 is 16.8 Å². The predicted octanol–water partition coefficient (Wildman–Crippen LogP) is 3.76. The fourth-order valence-corrected chi connectivity index (χ4v) is 3.77. The third-order valence-corrected chi connectivity index (χ3v) is 5.18. The average Bonchev–Trinajstić information content (AvgIpc) is 3.27. The van der Waals surface area contributed by atoms with Crippen LogP contribution in [0.25, 0.3) is 10.9 Å². The number of hydrogen-bond donors (Lipinski definition) is 2. The topological polar surface area (TPSA) is 72.6 Å². The van der Waals surface area contributed by atoms with Crippen LogP contribution in [0.2, 0.25) is 0 Å². The average molecular weight is 394 g/mol. The number of hydrogen-bond acceptors (Lipinski definition) is 4. The molecule has 4 rings (SSSR count). The number of carbonyl (C=O) groups is 1. The molecule has 1 amide bonds. The maximum atomic E-state index is 12.6. The van der Waals surface area contributed by atoms with Crippen LogP contribution in [0.1, 0.15) is 30.5 Å². The molecule has 0 radical (unpaired) electrons. The molecule has 0 bridgehead atoms. The van der Waals surface area contributed by atoms with Crippen molar-refractivity contribution in [2.75, 3.05) is 13.7 Å². The minimum atomic E-state index is -0.0500. The number of carbonyl (C=O) groups excluding carboxylic acids is 1. The van der Waals surface area contributed by atoms with Gasteiger partial charge in [-0.1, -0.05) is 0 Å². The number of aromatic amines is 1. The van der Waals surface area contributed by atoms with Gasteiger partial charge >= 0.3 is 0 Å². The van der Waals surface area contributed by atoms with Crippen LogP contribution < -0.4 is 19.5 Å². The van der Waals surface area contributed by atoms with E-state index in [4.69, 9.17) is 14.2 Å². The fraction of sp³-hybridized carbons (Fsp3) is 0.348. The molecule has 0 spiro atoms. The number of H-pyrrole nitrogens is 1. The molecule has 6 nitrogen and oxygen atoms in total. The van der Waals surface area contributed by atoms with Crippen molar-refractivity contribution in [1.82, 2.24) is 10.3 Å². The van der Waals surface area contributed by atoms with E-state index in [1.807, 2.05) is 43.5 Å². The van der Waals surface area contributed by atoms with E-state index in [9.17, 15) is 4.79 Å². The smallest absolute Gasteiger partial charge is 0.224 e. The van der Waals surface area contributed by atoms with Crippen molar-refractivity contribution < 1.29 is 19.0 Å². The van der Waals surface area contributed by atoms with Crippen molar-refractivity contribution in [3.05, 3.63) is 53.2 Å². The van der Waals surface area contributed by atoms with Gasteiger partial charge in [0.1, 0.15) is 23.4 Å². The van der Waals surface area contributed by atoms with Gasteiger partial charge in [-0.25, -0.2) is 0 Å². The van der Waals surface area contributed by atoms with Gasteiger partial charge in [-0.3, -0.25) is 4.79 Å². The Kier molecular flexibility index (Phi) is 5.34. The second kappa shape index (κ2) is 8.07. The maximum absolute atomic E-state index is 12.6. The summed E-state index contributed by atoms with van der Waals surface area (Å²) in [5, 5.41) is 4.01. The molecule has 29 heavy (non-hydrogen) atoms. The van der Waals surface area contributed by atoms with Crippen molar-refractivity contribution in [2.45, 2.75) is 39.3 Å². The first-order valence-electron chi connectivity index (χ1n) is 9.93. The summed E-state index contributed by atoms with van der Waals surface area (Å²) in [4.78, 5) is 15.8. The summed E-state index contributed by atoms with van der Waals surface area (Å²) in [6.45, 7) is 4.98. The number of methoxy groups -OCH3 is 1. The highest BCUT2D eigenvalue weighted by Crippen LogP contribution is 2.35. The van der Waals surface area contributed by atoms with Crippen molar-refractivity contribution in [1.29, 1.82) is 0 Å². The molecule has 1 aliphatic rings. The molecule has 2 aromatic carbocycles. The number of fused-ring (bicyclic) bond motifs is 2. The summed E-state index contributed by atoms with van der Waals surface area (Å²) in [7, 11) is 1.64. The molecule has 0 saturated carbocycles. The van der Waals surface area contributed by atoms with E-state index < -0.39 is 0 Å². The Morgan fingerprint density at radius 2 is 2.14 bits per heavy atom. The molecule has 0 fully saturated rings. The van der Waals surface area contributed by atoms with E-state index in [2.05, 4.69) is 17.2 Å². The Balaban J connectivity index is 1.47. The molecule has 1 aliphatic heterocycles. The number of aromatic nitrogens is 1. The Morgan fingerprint density at radius 1 is 1.28 bits per heavy atom. The maximum Gasteiger partial charge on any atom is 0.224 e. The zero-order valence-corrected chi connectivity index (χ0v) is 17.0. The molecule has 1 aromatic heterocycles. The van der Waals surface area contributed by atoms with Crippen LogP contribution in [-0.4, -0.2) is 30.7 Å². The molecule has 6 heteroatoms. The second-order valence-corrected chi connectivity index (χ2v) is 7.31. The van der Waals surface area contributed by atoms with Gasteiger partial charge in [0, 0.05) is 41.2 Å². The minimum Gasteiger partial charge on any atom is -0.497 e. The number of nitrogens with one attached hydrogen (secondary N) is 2. The molecular weight excluding hydrogens is 368 g/mol. The van der Waals surface area contributed by atoms with Crippen LogP contribution in [0.5, 0.6) is 17.2 Å². The molecule has 1 atom stereocenters. The lowest BCUT2D eigenvalue weighted by molar-refractivity contribution is -0.120. The van der Waals surface area contributed by atoms with Crippen molar-refractivity contribution in [3.63, 3.8) is 0 Å². The van der Waals surface area contributed by atoms with Crippen LogP contribution >= 0.6 is 0 Å². The molecule has 2 N–H and O–H groups in total. The molecule has 0 saturated heterocycles. The summed E-state index contributed by atoms with van der Waals surface area (Å²) >= 11 is 0. The minimum absolute atomic E-state index is 0.0500. The predicted molar refractivity (Wildman–Crippen MR) is 112 cm³/mol. The zero-order valence-electron chi connectivity index (χ0n) is 17.0. The monoisotopic (exact) mass is 394 g/mol. The highest BCUT2D eigenvalue weighted by molar-refractivity contribution is 5.89. The number of amides is 1. The molecule has 0 aliphatic carbocycles. The summed E-state index contributed by atoms with van der Waals surface area (Å²) in [5.41, 5.74) is 4.00.